The predicted octanol–water partition coefficient (Wildman–Crippen LogP) is 17.9. The number of nitrogens with zero attached hydrogens (tertiary/aromatic N) is 3. The molecule has 0 radical (unpaired) electrons. The number of aryl methyl sites for hydroxylation is 1. The molecule has 66 heavy (non-hydrogen) atoms. The third kappa shape index (κ3) is 8.55. The number of ether oxygens (including phenoxy) is 1. The minimum absolute atomic E-state index is 0.0234. The van der Waals surface area contributed by atoms with Crippen molar-refractivity contribution < 1.29 is 4.74 Å². The van der Waals surface area contributed by atoms with Crippen molar-refractivity contribution in [1.29, 1.82) is 0 Å². The van der Waals surface area contributed by atoms with Gasteiger partial charge in [-0.05, 0) is 178 Å². The number of aromatic nitrogens is 3. The lowest BCUT2D eigenvalue weighted by molar-refractivity contribution is -0.0985. The van der Waals surface area contributed by atoms with E-state index in [1.165, 1.54) is 115 Å². The molecule has 6 aromatic rings. The standard InChI is InChI=1S/C62H81N3O/c1-40-37-62(14,56-59(9,10)27-19-28-60(56,11)12)31-26-46(40)48-35-52(63-38-41(48)2)42-20-18-21-44(32-42)66-45-23-24-47-49-33-43(61(13)29-16-15-17-30-61)22-25-53(49)65(54(47)34-45)55-36-50(57(3,4)5)51(39-64-55)58(6,7)8/h18,20-25,32-36,38-40,46,56H,15-17,19,26-31,37H2,1-14H3. The van der Waals surface area contributed by atoms with Crippen LogP contribution in [0.25, 0.3) is 38.9 Å². The summed E-state index contributed by atoms with van der Waals surface area (Å²) in [5.41, 5.74) is 12.5. The molecule has 350 valence electrons. The van der Waals surface area contributed by atoms with Crippen LogP contribution in [0.2, 0.25) is 0 Å². The van der Waals surface area contributed by atoms with E-state index in [-0.39, 0.29) is 16.2 Å². The van der Waals surface area contributed by atoms with Gasteiger partial charge >= 0.3 is 0 Å². The summed E-state index contributed by atoms with van der Waals surface area (Å²) in [6, 6.07) is 27.2. The van der Waals surface area contributed by atoms with Crippen LogP contribution in [-0.2, 0) is 16.2 Å². The second-order valence-electron chi connectivity index (χ2n) is 25.8. The van der Waals surface area contributed by atoms with Crippen molar-refractivity contribution in [2.24, 2.45) is 28.1 Å². The summed E-state index contributed by atoms with van der Waals surface area (Å²) in [4.78, 5) is 10.3. The maximum atomic E-state index is 6.85. The lowest BCUT2D eigenvalue weighted by atomic mass is 9.45. The van der Waals surface area contributed by atoms with Crippen molar-refractivity contribution in [3.05, 3.63) is 113 Å². The molecule has 4 nitrogen and oxygen atoms in total. The average Bonchev–Trinajstić information content (AvgIpc) is 3.56. The van der Waals surface area contributed by atoms with Crippen LogP contribution in [0.4, 0.5) is 0 Å². The van der Waals surface area contributed by atoms with Crippen LogP contribution >= 0.6 is 0 Å². The first-order valence-electron chi connectivity index (χ1n) is 25.8. The van der Waals surface area contributed by atoms with E-state index < -0.39 is 0 Å². The Morgan fingerprint density at radius 3 is 2.02 bits per heavy atom. The maximum Gasteiger partial charge on any atom is 0.137 e. The number of hydrogen-bond donors (Lipinski definition) is 0. The van der Waals surface area contributed by atoms with Gasteiger partial charge in [0.2, 0.25) is 0 Å². The highest BCUT2D eigenvalue weighted by molar-refractivity contribution is 6.09. The van der Waals surface area contributed by atoms with E-state index >= 15 is 0 Å². The predicted molar refractivity (Wildman–Crippen MR) is 280 cm³/mol. The smallest absolute Gasteiger partial charge is 0.137 e. The second kappa shape index (κ2) is 16.7. The Morgan fingerprint density at radius 2 is 1.33 bits per heavy atom. The third-order valence-electron chi connectivity index (χ3n) is 17.4. The Bertz CT molecular complexity index is 2750. The first-order chi connectivity index (χ1) is 31.0. The van der Waals surface area contributed by atoms with Gasteiger partial charge in [-0.2, -0.15) is 0 Å². The highest BCUT2D eigenvalue weighted by atomic mass is 16.5. The van der Waals surface area contributed by atoms with Crippen LogP contribution < -0.4 is 4.74 Å². The Morgan fingerprint density at radius 1 is 0.636 bits per heavy atom. The van der Waals surface area contributed by atoms with Gasteiger partial charge < -0.3 is 4.74 Å². The number of fused-ring (bicyclic) bond motifs is 3. The average molecular weight is 884 g/mol. The van der Waals surface area contributed by atoms with Crippen LogP contribution in [0.5, 0.6) is 11.5 Å². The van der Waals surface area contributed by atoms with E-state index in [2.05, 4.69) is 187 Å². The Balaban J connectivity index is 1.05. The molecule has 0 amide bonds. The van der Waals surface area contributed by atoms with Gasteiger partial charge in [0.1, 0.15) is 17.3 Å². The monoisotopic (exact) mass is 884 g/mol. The normalized spacial score (nSPS) is 23.6. The molecule has 3 unspecified atom stereocenters. The minimum Gasteiger partial charge on any atom is -0.457 e. The SMILES string of the molecule is Cc1cnc(-c2cccc(Oc3ccc4c5cc(C6(C)CCCCC6)ccc5n(-c5cc(C(C)(C)C)c(C(C)(C)C)cn5)c4c3)c2)cc1C1CCC(C)(C2C(C)(C)CCCC2(C)C)CC1C. The molecule has 3 aliphatic carbocycles. The third-order valence-corrected chi connectivity index (χ3v) is 17.4. The van der Waals surface area contributed by atoms with Gasteiger partial charge in [-0.3, -0.25) is 9.55 Å². The van der Waals surface area contributed by atoms with Crippen LogP contribution in [0.1, 0.15) is 194 Å². The first-order valence-corrected chi connectivity index (χ1v) is 25.8. The summed E-state index contributed by atoms with van der Waals surface area (Å²) in [6.45, 7) is 34.0. The van der Waals surface area contributed by atoms with E-state index in [0.717, 1.165) is 40.0 Å². The molecule has 0 bridgehead atoms. The molecule has 0 spiro atoms. The van der Waals surface area contributed by atoms with E-state index in [1.54, 1.807) is 0 Å². The molecular formula is C62H81N3O. The van der Waals surface area contributed by atoms with Crippen LogP contribution in [0.3, 0.4) is 0 Å². The summed E-state index contributed by atoms with van der Waals surface area (Å²) in [5.74, 6) is 4.45. The molecule has 9 rings (SSSR count). The maximum absolute atomic E-state index is 6.85. The van der Waals surface area contributed by atoms with Crippen molar-refractivity contribution in [2.75, 3.05) is 0 Å². The summed E-state index contributed by atoms with van der Waals surface area (Å²) >= 11 is 0. The highest BCUT2D eigenvalue weighted by Crippen LogP contribution is 2.63. The molecule has 3 saturated carbocycles. The fourth-order valence-corrected chi connectivity index (χ4v) is 14.8. The summed E-state index contributed by atoms with van der Waals surface area (Å²) in [5, 5.41) is 2.51. The molecule has 0 N–H and O–H groups in total. The van der Waals surface area contributed by atoms with Gasteiger partial charge in [0.15, 0.2) is 0 Å². The van der Waals surface area contributed by atoms with Gasteiger partial charge in [-0.1, -0.05) is 134 Å². The number of pyridine rings is 2. The van der Waals surface area contributed by atoms with Crippen molar-refractivity contribution in [2.45, 2.75) is 190 Å². The van der Waals surface area contributed by atoms with E-state index in [0.29, 0.717) is 28.1 Å². The topological polar surface area (TPSA) is 39.9 Å². The largest absolute Gasteiger partial charge is 0.457 e. The quantitative estimate of drug-likeness (QED) is 0.160. The summed E-state index contributed by atoms with van der Waals surface area (Å²) in [7, 11) is 0. The highest BCUT2D eigenvalue weighted by Gasteiger charge is 2.54. The van der Waals surface area contributed by atoms with Gasteiger partial charge in [0.05, 0.1) is 16.7 Å². The fraction of sp³-hybridized carbons (Fsp3) is 0.548. The van der Waals surface area contributed by atoms with E-state index in [1.807, 2.05) is 0 Å². The Labute approximate surface area is 398 Å². The minimum atomic E-state index is -0.0480. The number of benzene rings is 3. The van der Waals surface area contributed by atoms with Gasteiger partial charge in [-0.25, -0.2) is 4.98 Å². The molecule has 4 heteroatoms. The van der Waals surface area contributed by atoms with E-state index in [9.17, 15) is 0 Å². The summed E-state index contributed by atoms with van der Waals surface area (Å²) in [6.07, 6.45) is 18.6. The summed E-state index contributed by atoms with van der Waals surface area (Å²) < 4.78 is 9.23. The van der Waals surface area contributed by atoms with Crippen molar-refractivity contribution in [3.8, 4) is 28.6 Å². The van der Waals surface area contributed by atoms with Crippen molar-refractivity contribution in [3.63, 3.8) is 0 Å². The Hall–Kier alpha value is -4.44. The molecule has 3 aromatic carbocycles. The second-order valence-corrected chi connectivity index (χ2v) is 25.8. The lowest BCUT2D eigenvalue weighted by Gasteiger charge is -2.60. The number of rotatable bonds is 7. The van der Waals surface area contributed by atoms with Crippen LogP contribution in [0, 0.1) is 35.0 Å². The fourth-order valence-electron chi connectivity index (χ4n) is 14.8. The zero-order valence-electron chi connectivity index (χ0n) is 43.3. The van der Waals surface area contributed by atoms with Crippen molar-refractivity contribution in [1.82, 2.24) is 14.5 Å². The molecule has 3 aromatic heterocycles. The first kappa shape index (κ1) is 46.7. The number of hydrogen-bond acceptors (Lipinski definition) is 3. The van der Waals surface area contributed by atoms with Crippen LogP contribution in [0.15, 0.2) is 85.2 Å². The molecular weight excluding hydrogens is 803 g/mol. The Kier molecular flexibility index (Phi) is 11.8. The molecule has 3 fully saturated rings. The van der Waals surface area contributed by atoms with E-state index in [4.69, 9.17) is 14.7 Å². The lowest BCUT2D eigenvalue weighted by Crippen LogP contribution is -2.51. The molecule has 3 atom stereocenters. The van der Waals surface area contributed by atoms with Crippen LogP contribution in [-0.4, -0.2) is 14.5 Å². The zero-order valence-corrected chi connectivity index (χ0v) is 43.3. The van der Waals surface area contributed by atoms with Gasteiger partial charge in [0, 0.05) is 34.8 Å². The van der Waals surface area contributed by atoms with Gasteiger partial charge in [0.25, 0.3) is 0 Å². The zero-order chi connectivity index (χ0) is 47.2. The van der Waals surface area contributed by atoms with Crippen molar-refractivity contribution >= 4 is 21.8 Å². The molecule has 0 saturated heterocycles. The molecule has 3 aliphatic rings. The molecule has 3 heterocycles. The van der Waals surface area contributed by atoms with Gasteiger partial charge in [-0.15, -0.1) is 0 Å². The molecule has 0 aliphatic heterocycles.